The van der Waals surface area contributed by atoms with Gasteiger partial charge in [-0.05, 0) is 119 Å². The number of benzene rings is 3. The van der Waals surface area contributed by atoms with Crippen LogP contribution in [0.25, 0.3) is 0 Å². The number of sulfone groups is 2. The van der Waals surface area contributed by atoms with Crippen LogP contribution in [-0.4, -0.2) is 68.4 Å². The summed E-state index contributed by atoms with van der Waals surface area (Å²) in [6, 6.07) is 16.9. The molecule has 11 nitrogen and oxygen atoms in total. The van der Waals surface area contributed by atoms with Crippen molar-refractivity contribution in [3.8, 4) is 0 Å². The van der Waals surface area contributed by atoms with Crippen molar-refractivity contribution >= 4 is 76.5 Å². The van der Waals surface area contributed by atoms with Gasteiger partial charge in [0, 0.05) is 11.0 Å². The third-order valence-corrected chi connectivity index (χ3v) is 16.6. The van der Waals surface area contributed by atoms with Crippen molar-refractivity contribution in [1.29, 1.82) is 0 Å². The molecule has 0 saturated carbocycles. The van der Waals surface area contributed by atoms with E-state index in [0.29, 0.717) is 6.54 Å². The van der Waals surface area contributed by atoms with Crippen molar-refractivity contribution in [2.24, 2.45) is 0 Å². The fraction of sp³-hybridized carbons (Fsp3) is 0.514. The lowest BCUT2D eigenvalue weighted by Gasteiger charge is -2.32. The van der Waals surface area contributed by atoms with Crippen molar-refractivity contribution in [3.63, 3.8) is 0 Å². The monoisotopic (exact) mass is 863 g/mol. The van der Waals surface area contributed by atoms with E-state index in [9.17, 15) is 25.3 Å². The van der Waals surface area contributed by atoms with Gasteiger partial charge in [0.05, 0.1) is 56.9 Å². The first-order valence-electron chi connectivity index (χ1n) is 17.9. The largest absolute Gasteiger partial charge is 0.494 e. The van der Waals surface area contributed by atoms with Gasteiger partial charge in [0.2, 0.25) is 10.0 Å². The normalized spacial score (nSPS) is 23.8. The number of nitrogens with zero attached hydrogens (tertiary/aromatic N) is 1. The van der Waals surface area contributed by atoms with Gasteiger partial charge in [-0.15, -0.1) is 0 Å². The molecule has 0 N–H and O–H groups in total. The summed E-state index contributed by atoms with van der Waals surface area (Å²) in [7, 11) is -9.95. The molecule has 0 spiro atoms. The minimum atomic E-state index is -3.23. The van der Waals surface area contributed by atoms with Crippen LogP contribution >= 0.6 is 15.9 Å². The standard InChI is InChI=1S/C15H22BNO4S.C14H19BO4S.C8H7BrO2S/c1-6-17-13-8-7-12(9-11(13)10-22(17,18)19)16-20-14(2,3)15(4,5)21-16;1-13(2)14(3,4)19-15(18-13)12-6-5-10-8-20(16,17)9-11(10)7-12;9-8-2-1-6-4-12(10,11)5-7(6)3-8/h7-9H,6,10H2,1-5H3;5-7H,8-9H2,1-4H3;1-3H,4-5H2. The number of rotatable bonds is 3. The SMILES string of the molecule is CC1(C)OB(c2ccc3c(c2)CS(=O)(=O)C3)OC1(C)C.CCN1c2ccc(B3OC(C)(C)C(C)(C)O3)cc2CS1(=O)=O.O=S1(=O)Cc2ccc(Br)cc2C1. The number of fused-ring (bicyclic) bond motifs is 3. The van der Waals surface area contributed by atoms with Gasteiger partial charge in [-0.3, -0.25) is 4.31 Å². The molecule has 0 unspecified atom stereocenters. The molecule has 0 amide bonds. The van der Waals surface area contributed by atoms with E-state index in [4.69, 9.17) is 18.6 Å². The van der Waals surface area contributed by atoms with Crippen LogP contribution in [0.4, 0.5) is 5.69 Å². The van der Waals surface area contributed by atoms with Crippen molar-refractivity contribution in [3.05, 3.63) is 86.9 Å². The second-order valence-electron chi connectivity index (χ2n) is 16.5. The molecule has 0 bridgehead atoms. The Labute approximate surface area is 329 Å². The van der Waals surface area contributed by atoms with Crippen LogP contribution < -0.4 is 15.2 Å². The number of anilines is 1. The van der Waals surface area contributed by atoms with E-state index >= 15 is 0 Å². The Balaban J connectivity index is 0.000000144. The molecular formula is C37H48B2BrNO10S3. The Bertz CT molecular complexity index is 2280. The molecule has 54 heavy (non-hydrogen) atoms. The van der Waals surface area contributed by atoms with Crippen LogP contribution in [0.3, 0.4) is 0 Å². The lowest BCUT2D eigenvalue weighted by Crippen LogP contribution is -2.41. The second-order valence-corrected chi connectivity index (χ2v) is 23.4. The van der Waals surface area contributed by atoms with Crippen LogP contribution in [0.5, 0.6) is 0 Å². The molecule has 5 aliphatic heterocycles. The topological polar surface area (TPSA) is 143 Å². The van der Waals surface area contributed by atoms with Gasteiger partial charge in [-0.25, -0.2) is 25.3 Å². The van der Waals surface area contributed by atoms with Gasteiger partial charge in [0.1, 0.15) is 0 Å². The van der Waals surface area contributed by atoms with E-state index in [2.05, 4.69) is 15.9 Å². The summed E-state index contributed by atoms with van der Waals surface area (Å²) in [6.45, 7) is 18.3. The zero-order valence-electron chi connectivity index (χ0n) is 32.2. The van der Waals surface area contributed by atoms with Gasteiger partial charge in [0.25, 0.3) is 0 Å². The average molecular weight is 865 g/mol. The highest BCUT2D eigenvalue weighted by atomic mass is 79.9. The molecule has 17 heteroatoms. The number of halogens is 1. The first-order chi connectivity index (χ1) is 24.7. The molecule has 0 atom stereocenters. The predicted octanol–water partition coefficient (Wildman–Crippen LogP) is 4.95. The molecule has 5 aliphatic rings. The highest BCUT2D eigenvalue weighted by Gasteiger charge is 2.53. The molecule has 292 valence electrons. The molecule has 2 saturated heterocycles. The molecule has 3 aromatic carbocycles. The Morgan fingerprint density at radius 3 is 1.41 bits per heavy atom. The molecule has 3 aromatic rings. The van der Waals surface area contributed by atoms with Gasteiger partial charge >= 0.3 is 14.2 Å². The molecule has 0 aliphatic carbocycles. The summed E-state index contributed by atoms with van der Waals surface area (Å²) in [5.41, 5.74) is 5.40. The second kappa shape index (κ2) is 14.0. The maximum Gasteiger partial charge on any atom is 0.494 e. The van der Waals surface area contributed by atoms with Gasteiger partial charge < -0.3 is 18.6 Å². The molecule has 8 rings (SSSR count). The molecular weight excluding hydrogens is 816 g/mol. The van der Waals surface area contributed by atoms with Crippen molar-refractivity contribution < 1.29 is 43.9 Å². The third-order valence-electron chi connectivity index (χ3n) is 11.3. The van der Waals surface area contributed by atoms with E-state index in [1.807, 2.05) is 117 Å². The van der Waals surface area contributed by atoms with Gasteiger partial charge in [-0.1, -0.05) is 52.3 Å². The Morgan fingerprint density at radius 2 is 0.944 bits per heavy atom. The summed E-state index contributed by atoms with van der Waals surface area (Å²) >= 11 is 3.31. The fourth-order valence-corrected chi connectivity index (χ4v) is 12.1. The van der Waals surface area contributed by atoms with E-state index < -0.39 is 55.1 Å². The minimum absolute atomic E-state index is 0.0452. The van der Waals surface area contributed by atoms with Crippen molar-refractivity contribution in [1.82, 2.24) is 0 Å². The number of hydrogen-bond donors (Lipinski definition) is 0. The number of sulfonamides is 1. The van der Waals surface area contributed by atoms with Crippen LogP contribution in [0, 0.1) is 0 Å². The predicted molar refractivity (Wildman–Crippen MR) is 217 cm³/mol. The fourth-order valence-electron chi connectivity index (χ4n) is 6.85. The maximum atomic E-state index is 12.2. The Kier molecular flexibility index (Phi) is 10.7. The van der Waals surface area contributed by atoms with E-state index in [0.717, 1.165) is 48.9 Å². The molecule has 0 radical (unpaired) electrons. The summed E-state index contributed by atoms with van der Waals surface area (Å²) in [6.07, 6.45) is 0. The highest BCUT2D eigenvalue weighted by Crippen LogP contribution is 2.39. The minimum Gasteiger partial charge on any atom is -0.399 e. The first kappa shape index (κ1) is 41.4. The average Bonchev–Trinajstić information content (AvgIpc) is 3.73. The summed E-state index contributed by atoms with van der Waals surface area (Å²) in [5, 5.41) is 0. The molecule has 2 fully saturated rings. The van der Waals surface area contributed by atoms with Crippen molar-refractivity contribution in [2.75, 3.05) is 10.8 Å². The maximum absolute atomic E-state index is 12.2. The summed E-state index contributed by atoms with van der Waals surface area (Å²) < 4.78 is 96.4. The first-order valence-corrected chi connectivity index (χ1v) is 23.9. The smallest absolute Gasteiger partial charge is 0.399 e. The lowest BCUT2D eigenvalue weighted by molar-refractivity contribution is 0.00578. The summed E-state index contributed by atoms with van der Waals surface area (Å²) in [5.74, 6) is 0.711. The van der Waals surface area contributed by atoms with Crippen LogP contribution in [0.1, 0.15) is 90.1 Å². The van der Waals surface area contributed by atoms with Crippen LogP contribution in [0.15, 0.2) is 59.1 Å². The van der Waals surface area contributed by atoms with Crippen molar-refractivity contribution in [2.45, 2.75) is 113 Å². The zero-order valence-corrected chi connectivity index (χ0v) is 36.3. The van der Waals surface area contributed by atoms with Crippen LogP contribution in [0.2, 0.25) is 0 Å². The zero-order chi connectivity index (χ0) is 39.9. The lowest BCUT2D eigenvalue weighted by atomic mass is 9.78. The molecule has 5 heterocycles. The quantitative estimate of drug-likeness (QED) is 0.333. The molecule has 0 aromatic heterocycles. The van der Waals surface area contributed by atoms with Crippen LogP contribution in [-0.2, 0) is 77.1 Å². The Hall–Kier alpha value is -2.24. The number of hydrogen-bond acceptors (Lipinski definition) is 10. The highest BCUT2D eigenvalue weighted by molar-refractivity contribution is 9.10. The van der Waals surface area contributed by atoms with E-state index in [1.165, 1.54) is 4.31 Å². The van der Waals surface area contributed by atoms with E-state index in [1.54, 1.807) is 0 Å². The summed E-state index contributed by atoms with van der Waals surface area (Å²) in [4.78, 5) is 0. The Morgan fingerprint density at radius 1 is 0.556 bits per heavy atom. The third kappa shape index (κ3) is 8.25. The van der Waals surface area contributed by atoms with Gasteiger partial charge in [0.15, 0.2) is 19.7 Å². The van der Waals surface area contributed by atoms with Gasteiger partial charge in [-0.2, -0.15) is 0 Å². The van der Waals surface area contributed by atoms with E-state index in [-0.39, 0.29) is 40.0 Å².